The third-order valence-corrected chi connectivity index (χ3v) is 2.63. The summed E-state index contributed by atoms with van der Waals surface area (Å²) in [4.78, 5) is 16.3. The highest BCUT2D eigenvalue weighted by Crippen LogP contribution is 2.06. The van der Waals surface area contributed by atoms with Crippen LogP contribution in [0.2, 0.25) is 0 Å². The quantitative estimate of drug-likeness (QED) is 0.545. The molecule has 5 heteroatoms. The van der Waals surface area contributed by atoms with Gasteiger partial charge in [-0.15, -0.1) is 0 Å². The van der Waals surface area contributed by atoms with E-state index >= 15 is 0 Å². The van der Waals surface area contributed by atoms with Gasteiger partial charge in [-0.2, -0.15) is 0 Å². The topological polar surface area (TPSA) is 65.5 Å². The number of rotatable bonds is 6. The van der Waals surface area contributed by atoms with E-state index in [1.54, 1.807) is 0 Å². The number of amides is 1. The predicted octanol–water partition coefficient (Wildman–Crippen LogP) is 1.51. The molecule has 1 rings (SSSR count). The van der Waals surface area contributed by atoms with E-state index < -0.39 is 0 Å². The Hall–Kier alpha value is -2.04. The second-order valence-electron chi connectivity index (χ2n) is 4.29. The lowest BCUT2D eigenvalue weighted by molar-refractivity contribution is 0.0955. The van der Waals surface area contributed by atoms with E-state index in [2.05, 4.69) is 20.9 Å². The molecule has 0 heterocycles. The summed E-state index contributed by atoms with van der Waals surface area (Å²) < 4.78 is 0. The Morgan fingerprint density at radius 3 is 2.30 bits per heavy atom. The van der Waals surface area contributed by atoms with Crippen molar-refractivity contribution in [2.45, 2.75) is 27.3 Å². The molecule has 0 aliphatic carbocycles. The zero-order valence-corrected chi connectivity index (χ0v) is 12.5. The maximum Gasteiger partial charge on any atom is 0.251 e. The Bertz CT molecular complexity index is 449. The second-order valence-corrected chi connectivity index (χ2v) is 4.29. The lowest BCUT2D eigenvalue weighted by atomic mass is 10.1. The molecule has 110 valence electrons. The monoisotopic (exact) mass is 276 g/mol. The number of nitrogens with one attached hydrogen (secondary N) is 3. The smallest absolute Gasteiger partial charge is 0.251 e. The maximum atomic E-state index is 11.8. The molecule has 0 radical (unpaired) electrons. The molecule has 3 N–H and O–H groups in total. The SMILES string of the molecule is CCNC(=O)c1cccc(CN=C(NCC)NCC)c1. The Balaban J connectivity index is 2.74. The van der Waals surface area contributed by atoms with E-state index in [-0.39, 0.29) is 5.91 Å². The highest BCUT2D eigenvalue weighted by molar-refractivity contribution is 5.94. The number of hydrogen-bond donors (Lipinski definition) is 3. The molecular formula is C15H24N4O. The standard InChI is InChI=1S/C15H24N4O/c1-4-16-14(20)13-9-7-8-12(10-13)11-19-15(17-5-2)18-6-3/h7-10H,4-6,11H2,1-3H3,(H,16,20)(H2,17,18,19). The van der Waals surface area contributed by atoms with Gasteiger partial charge in [0.2, 0.25) is 0 Å². The first kappa shape index (κ1) is 16.0. The summed E-state index contributed by atoms with van der Waals surface area (Å²) >= 11 is 0. The van der Waals surface area contributed by atoms with Gasteiger partial charge in [0.25, 0.3) is 5.91 Å². The maximum absolute atomic E-state index is 11.8. The van der Waals surface area contributed by atoms with E-state index in [1.165, 1.54) is 0 Å². The van der Waals surface area contributed by atoms with Crippen molar-refractivity contribution in [3.63, 3.8) is 0 Å². The zero-order chi connectivity index (χ0) is 14.8. The van der Waals surface area contributed by atoms with Crippen LogP contribution < -0.4 is 16.0 Å². The summed E-state index contributed by atoms with van der Waals surface area (Å²) in [5.41, 5.74) is 1.69. The first-order valence-corrected chi connectivity index (χ1v) is 7.10. The van der Waals surface area contributed by atoms with Crippen LogP contribution >= 0.6 is 0 Å². The van der Waals surface area contributed by atoms with Gasteiger partial charge in [0.05, 0.1) is 6.54 Å². The van der Waals surface area contributed by atoms with Gasteiger partial charge >= 0.3 is 0 Å². The average molecular weight is 276 g/mol. The van der Waals surface area contributed by atoms with Crippen LogP contribution in [0.1, 0.15) is 36.7 Å². The number of aliphatic imine (C=N–C) groups is 1. The molecule has 0 atom stereocenters. The van der Waals surface area contributed by atoms with Gasteiger partial charge in [-0.1, -0.05) is 12.1 Å². The molecule has 0 aliphatic heterocycles. The van der Waals surface area contributed by atoms with Gasteiger partial charge < -0.3 is 16.0 Å². The molecule has 0 spiro atoms. The summed E-state index contributed by atoms with van der Waals surface area (Å²) in [5, 5.41) is 9.14. The van der Waals surface area contributed by atoms with Gasteiger partial charge in [0.15, 0.2) is 5.96 Å². The Morgan fingerprint density at radius 2 is 1.70 bits per heavy atom. The highest BCUT2D eigenvalue weighted by Gasteiger charge is 2.04. The van der Waals surface area contributed by atoms with E-state index in [9.17, 15) is 4.79 Å². The van der Waals surface area contributed by atoms with Crippen molar-refractivity contribution in [1.82, 2.24) is 16.0 Å². The minimum absolute atomic E-state index is 0.0445. The molecule has 1 aromatic rings. The summed E-state index contributed by atoms with van der Waals surface area (Å²) in [6.45, 7) is 8.79. The van der Waals surface area contributed by atoms with Crippen LogP contribution in [0.15, 0.2) is 29.3 Å². The van der Waals surface area contributed by atoms with E-state index in [0.29, 0.717) is 18.7 Å². The van der Waals surface area contributed by atoms with Crippen LogP contribution in [0.3, 0.4) is 0 Å². The minimum atomic E-state index is -0.0445. The van der Waals surface area contributed by atoms with Gasteiger partial charge in [-0.25, -0.2) is 4.99 Å². The van der Waals surface area contributed by atoms with Crippen LogP contribution in [0.4, 0.5) is 0 Å². The van der Waals surface area contributed by atoms with Gasteiger partial charge in [-0.3, -0.25) is 4.79 Å². The molecule has 0 unspecified atom stereocenters. The fourth-order valence-electron chi connectivity index (χ4n) is 1.75. The van der Waals surface area contributed by atoms with Crippen molar-refractivity contribution >= 4 is 11.9 Å². The Morgan fingerprint density at radius 1 is 1.05 bits per heavy atom. The van der Waals surface area contributed by atoms with Gasteiger partial charge in [0.1, 0.15) is 0 Å². The first-order chi connectivity index (χ1) is 9.71. The summed E-state index contributed by atoms with van der Waals surface area (Å²) in [5.74, 6) is 0.746. The summed E-state index contributed by atoms with van der Waals surface area (Å²) in [6, 6.07) is 7.55. The number of carbonyl (C=O) groups excluding carboxylic acids is 1. The molecule has 20 heavy (non-hydrogen) atoms. The van der Waals surface area contributed by atoms with Crippen LogP contribution in [0, 0.1) is 0 Å². The molecule has 0 saturated heterocycles. The molecule has 0 fully saturated rings. The fraction of sp³-hybridized carbons (Fsp3) is 0.467. The lowest BCUT2D eigenvalue weighted by Gasteiger charge is -2.09. The van der Waals surface area contributed by atoms with Crippen LogP contribution in [0.5, 0.6) is 0 Å². The molecule has 0 saturated carbocycles. The van der Waals surface area contributed by atoms with E-state index in [0.717, 1.165) is 24.6 Å². The average Bonchev–Trinajstić information content (AvgIpc) is 2.46. The third kappa shape index (κ3) is 5.30. The van der Waals surface area contributed by atoms with Crippen molar-refractivity contribution in [2.75, 3.05) is 19.6 Å². The Kier molecular flexibility index (Phi) is 7.17. The van der Waals surface area contributed by atoms with Crippen molar-refractivity contribution in [3.8, 4) is 0 Å². The summed E-state index contributed by atoms with van der Waals surface area (Å²) in [7, 11) is 0. The predicted molar refractivity (Wildman–Crippen MR) is 82.9 cm³/mol. The van der Waals surface area contributed by atoms with Gasteiger partial charge in [-0.05, 0) is 38.5 Å². The zero-order valence-electron chi connectivity index (χ0n) is 12.5. The number of carbonyl (C=O) groups is 1. The van der Waals surface area contributed by atoms with E-state index in [4.69, 9.17) is 0 Å². The van der Waals surface area contributed by atoms with Crippen molar-refractivity contribution < 1.29 is 4.79 Å². The third-order valence-electron chi connectivity index (χ3n) is 2.63. The molecule has 0 aliphatic rings. The molecule has 0 aromatic heterocycles. The number of benzene rings is 1. The normalized spacial score (nSPS) is 9.75. The Labute approximate surface area is 120 Å². The van der Waals surface area contributed by atoms with Crippen LogP contribution in [-0.2, 0) is 6.54 Å². The number of nitrogens with zero attached hydrogens (tertiary/aromatic N) is 1. The van der Waals surface area contributed by atoms with Crippen LogP contribution in [0.25, 0.3) is 0 Å². The molecule has 5 nitrogen and oxygen atoms in total. The molecule has 1 amide bonds. The lowest BCUT2D eigenvalue weighted by Crippen LogP contribution is -2.36. The molecule has 0 bridgehead atoms. The minimum Gasteiger partial charge on any atom is -0.357 e. The van der Waals surface area contributed by atoms with Crippen LogP contribution in [-0.4, -0.2) is 31.5 Å². The summed E-state index contributed by atoms with van der Waals surface area (Å²) in [6.07, 6.45) is 0. The molecule has 1 aromatic carbocycles. The fourth-order valence-corrected chi connectivity index (χ4v) is 1.75. The van der Waals surface area contributed by atoms with Crippen molar-refractivity contribution in [1.29, 1.82) is 0 Å². The van der Waals surface area contributed by atoms with Crippen molar-refractivity contribution in [3.05, 3.63) is 35.4 Å². The number of hydrogen-bond acceptors (Lipinski definition) is 2. The second kappa shape index (κ2) is 8.96. The highest BCUT2D eigenvalue weighted by atomic mass is 16.1. The van der Waals surface area contributed by atoms with E-state index in [1.807, 2.05) is 45.0 Å². The molecular weight excluding hydrogens is 252 g/mol. The largest absolute Gasteiger partial charge is 0.357 e. The number of guanidine groups is 1. The first-order valence-electron chi connectivity index (χ1n) is 7.10. The van der Waals surface area contributed by atoms with Crippen molar-refractivity contribution in [2.24, 2.45) is 4.99 Å². The van der Waals surface area contributed by atoms with Gasteiger partial charge in [0, 0.05) is 25.2 Å².